The van der Waals surface area contributed by atoms with Gasteiger partial charge >= 0.3 is 0 Å². The summed E-state index contributed by atoms with van der Waals surface area (Å²) in [7, 11) is 0. The lowest BCUT2D eigenvalue weighted by Crippen LogP contribution is -2.36. The average Bonchev–Trinajstić information content (AvgIpc) is 2.78. The van der Waals surface area contributed by atoms with Crippen LogP contribution >= 0.6 is 0 Å². The summed E-state index contributed by atoms with van der Waals surface area (Å²) in [6, 6.07) is 7.38. The number of benzene rings is 1. The predicted octanol–water partition coefficient (Wildman–Crippen LogP) is 2.47. The van der Waals surface area contributed by atoms with Gasteiger partial charge in [0.2, 0.25) is 0 Å². The van der Waals surface area contributed by atoms with Gasteiger partial charge in [-0.05, 0) is 43.5 Å². The zero-order valence-electron chi connectivity index (χ0n) is 15.9. The van der Waals surface area contributed by atoms with Crippen LogP contribution in [0.2, 0.25) is 0 Å². The molecule has 2 aliphatic heterocycles. The van der Waals surface area contributed by atoms with Crippen molar-refractivity contribution in [1.29, 1.82) is 0 Å². The third kappa shape index (κ3) is 3.20. The first-order valence-electron chi connectivity index (χ1n) is 9.88. The first kappa shape index (κ1) is 17.7. The number of aromatic amines is 1. The molecule has 1 saturated heterocycles. The van der Waals surface area contributed by atoms with Crippen LogP contribution in [-0.4, -0.2) is 52.2 Å². The highest BCUT2D eigenvalue weighted by atomic mass is 16.5. The lowest BCUT2D eigenvalue weighted by Gasteiger charge is -2.31. The van der Waals surface area contributed by atoms with Crippen LogP contribution in [0, 0.1) is 0 Å². The van der Waals surface area contributed by atoms with Crippen molar-refractivity contribution in [2.75, 3.05) is 31.1 Å². The molecule has 1 N–H and O–H groups in total. The number of fused-ring (bicyclic) bond motifs is 2. The van der Waals surface area contributed by atoms with Crippen molar-refractivity contribution in [3.8, 4) is 5.75 Å². The molecule has 0 unspecified atom stereocenters. The summed E-state index contributed by atoms with van der Waals surface area (Å²) in [6.45, 7) is 2.71. The molecule has 2 aromatic heterocycles. The second-order valence-electron chi connectivity index (χ2n) is 7.37. The van der Waals surface area contributed by atoms with E-state index in [4.69, 9.17) is 4.74 Å². The quantitative estimate of drug-likeness (QED) is 0.722. The molecule has 3 aromatic rings. The van der Waals surface area contributed by atoms with E-state index >= 15 is 0 Å². The van der Waals surface area contributed by atoms with E-state index in [9.17, 15) is 9.59 Å². The largest absolute Gasteiger partial charge is 0.488 e. The Morgan fingerprint density at radius 2 is 1.93 bits per heavy atom. The number of nitrogens with one attached hydrogen (secondary N) is 1. The minimum atomic E-state index is -0.213. The number of hydrogen-bond acceptors (Lipinski definition) is 6. The molecule has 1 amide bonds. The second kappa shape index (κ2) is 7.20. The fourth-order valence-electron chi connectivity index (χ4n) is 4.00. The molecule has 0 spiro atoms. The molecule has 0 bridgehead atoms. The van der Waals surface area contributed by atoms with Crippen LogP contribution in [0.5, 0.6) is 5.75 Å². The summed E-state index contributed by atoms with van der Waals surface area (Å²) < 4.78 is 5.82. The minimum absolute atomic E-state index is 0.0109. The van der Waals surface area contributed by atoms with Crippen LogP contribution in [0.3, 0.4) is 0 Å². The van der Waals surface area contributed by atoms with Gasteiger partial charge in [-0.1, -0.05) is 0 Å². The molecule has 8 nitrogen and oxygen atoms in total. The molecule has 148 valence electrons. The van der Waals surface area contributed by atoms with E-state index in [1.165, 1.54) is 6.42 Å². The highest BCUT2D eigenvalue weighted by molar-refractivity contribution is 5.95. The van der Waals surface area contributed by atoms with Gasteiger partial charge < -0.3 is 14.5 Å². The van der Waals surface area contributed by atoms with E-state index < -0.39 is 0 Å². The average molecular weight is 391 g/mol. The number of carbonyl (C=O) groups excluding carboxylic acids is 1. The van der Waals surface area contributed by atoms with Crippen LogP contribution in [0.1, 0.15) is 29.6 Å². The Morgan fingerprint density at radius 1 is 1.07 bits per heavy atom. The summed E-state index contributed by atoms with van der Waals surface area (Å²) >= 11 is 0. The van der Waals surface area contributed by atoms with Gasteiger partial charge in [-0.3, -0.25) is 9.59 Å². The maximum atomic E-state index is 12.8. The minimum Gasteiger partial charge on any atom is -0.488 e. The molecular weight excluding hydrogens is 370 g/mol. The number of pyridine rings is 1. The van der Waals surface area contributed by atoms with E-state index in [0.29, 0.717) is 35.7 Å². The number of amides is 1. The monoisotopic (exact) mass is 391 g/mol. The lowest BCUT2D eigenvalue weighted by molar-refractivity contribution is 0.0723. The van der Waals surface area contributed by atoms with Crippen molar-refractivity contribution in [2.24, 2.45) is 0 Å². The molecule has 1 aromatic carbocycles. The number of carbonyl (C=O) groups is 1. The Labute approximate surface area is 167 Å². The molecule has 1 fully saturated rings. The highest BCUT2D eigenvalue weighted by Crippen LogP contribution is 2.36. The molecule has 4 heterocycles. The predicted molar refractivity (Wildman–Crippen MR) is 109 cm³/mol. The summed E-state index contributed by atoms with van der Waals surface area (Å²) in [6.07, 6.45) is 6.54. The normalized spacial score (nSPS) is 16.4. The summed E-state index contributed by atoms with van der Waals surface area (Å²) in [5, 5.41) is 7.68. The fraction of sp³-hybridized carbons (Fsp3) is 0.333. The molecule has 0 radical (unpaired) electrons. The van der Waals surface area contributed by atoms with E-state index in [-0.39, 0.29) is 11.5 Å². The number of anilines is 2. The van der Waals surface area contributed by atoms with Gasteiger partial charge in [0.1, 0.15) is 6.61 Å². The number of likely N-dealkylation sites (tertiary alicyclic amines) is 1. The maximum Gasteiger partial charge on any atom is 0.272 e. The fourth-order valence-corrected chi connectivity index (χ4v) is 4.00. The standard InChI is InChI=1S/C21H21N5O3/c27-20-17-5-4-16(10-14(17)13-23-24-20)26-8-9-29-18-11-15(12-22-19(18)26)21(28)25-6-2-1-3-7-25/h4-5,10-13H,1-3,6-9H2,(H,24,27). The van der Waals surface area contributed by atoms with E-state index in [1.807, 2.05) is 21.9 Å². The molecule has 2 aliphatic rings. The zero-order chi connectivity index (χ0) is 19.8. The van der Waals surface area contributed by atoms with Crippen LogP contribution in [0.15, 0.2) is 41.5 Å². The van der Waals surface area contributed by atoms with Gasteiger partial charge in [-0.2, -0.15) is 5.10 Å². The molecule has 8 heteroatoms. The van der Waals surface area contributed by atoms with Gasteiger partial charge in [-0.15, -0.1) is 0 Å². The van der Waals surface area contributed by atoms with Gasteiger partial charge in [0.05, 0.1) is 23.7 Å². The Hall–Kier alpha value is -3.42. The molecule has 0 saturated carbocycles. The van der Waals surface area contributed by atoms with Crippen molar-refractivity contribution >= 4 is 28.2 Å². The van der Waals surface area contributed by atoms with Gasteiger partial charge in [0, 0.05) is 30.4 Å². The van der Waals surface area contributed by atoms with Crippen LogP contribution in [0.25, 0.3) is 10.8 Å². The molecule has 0 aliphatic carbocycles. The topological polar surface area (TPSA) is 91.4 Å². The third-order valence-electron chi connectivity index (χ3n) is 5.51. The molecule has 0 atom stereocenters. The van der Waals surface area contributed by atoms with Crippen LogP contribution < -0.4 is 15.2 Å². The third-order valence-corrected chi connectivity index (χ3v) is 5.51. The SMILES string of the molecule is O=C(c1cnc2c(c1)OCCN2c1ccc2c(=O)[nH]ncc2c1)N1CCCCC1. The first-order chi connectivity index (χ1) is 14.2. The summed E-state index contributed by atoms with van der Waals surface area (Å²) in [5.74, 6) is 1.28. The molecule has 5 rings (SSSR count). The van der Waals surface area contributed by atoms with Crippen LogP contribution in [0.4, 0.5) is 11.5 Å². The molecular formula is C21H21N5O3. The van der Waals surface area contributed by atoms with Gasteiger partial charge in [0.15, 0.2) is 11.6 Å². The van der Waals surface area contributed by atoms with E-state index in [0.717, 1.165) is 37.0 Å². The lowest BCUT2D eigenvalue weighted by atomic mass is 10.1. The highest BCUT2D eigenvalue weighted by Gasteiger charge is 2.25. The first-order valence-corrected chi connectivity index (χ1v) is 9.88. The Balaban J connectivity index is 1.48. The number of hydrogen-bond donors (Lipinski definition) is 1. The smallest absolute Gasteiger partial charge is 0.272 e. The van der Waals surface area contributed by atoms with Gasteiger partial charge in [-0.25, -0.2) is 10.1 Å². The maximum absolute atomic E-state index is 12.8. The summed E-state index contributed by atoms with van der Waals surface area (Å²) in [5.41, 5.74) is 1.24. The van der Waals surface area contributed by atoms with Crippen molar-refractivity contribution in [1.82, 2.24) is 20.1 Å². The number of piperidine rings is 1. The van der Waals surface area contributed by atoms with Crippen molar-refractivity contribution < 1.29 is 9.53 Å². The summed E-state index contributed by atoms with van der Waals surface area (Å²) in [4.78, 5) is 33.2. The Kier molecular flexibility index (Phi) is 4.38. The van der Waals surface area contributed by atoms with Crippen molar-refractivity contribution in [3.63, 3.8) is 0 Å². The number of aromatic nitrogens is 3. The van der Waals surface area contributed by atoms with Crippen molar-refractivity contribution in [3.05, 3.63) is 52.6 Å². The number of H-pyrrole nitrogens is 1. The number of ether oxygens (including phenoxy) is 1. The Bertz CT molecular complexity index is 1140. The van der Waals surface area contributed by atoms with E-state index in [1.54, 1.807) is 24.5 Å². The zero-order valence-corrected chi connectivity index (χ0v) is 15.9. The van der Waals surface area contributed by atoms with Crippen molar-refractivity contribution in [2.45, 2.75) is 19.3 Å². The van der Waals surface area contributed by atoms with Crippen LogP contribution in [-0.2, 0) is 0 Å². The van der Waals surface area contributed by atoms with E-state index in [2.05, 4.69) is 15.2 Å². The Morgan fingerprint density at radius 3 is 2.79 bits per heavy atom. The van der Waals surface area contributed by atoms with Gasteiger partial charge in [0.25, 0.3) is 11.5 Å². The number of rotatable bonds is 2. The second-order valence-corrected chi connectivity index (χ2v) is 7.37. The number of nitrogens with zero attached hydrogens (tertiary/aromatic N) is 4. The molecule has 29 heavy (non-hydrogen) atoms.